The van der Waals surface area contributed by atoms with Gasteiger partial charge in [-0.1, -0.05) is 6.07 Å². The summed E-state index contributed by atoms with van der Waals surface area (Å²) in [6.45, 7) is 8.71. The molecule has 1 amide bonds. The average Bonchev–Trinajstić information content (AvgIpc) is 2.69. The zero-order valence-electron chi connectivity index (χ0n) is 16.1. The molecule has 0 bridgehead atoms. The van der Waals surface area contributed by atoms with E-state index >= 15 is 0 Å². The molecule has 7 nitrogen and oxygen atoms in total. The van der Waals surface area contributed by atoms with Gasteiger partial charge in [0.25, 0.3) is 5.91 Å². The lowest BCUT2D eigenvalue weighted by Crippen LogP contribution is -2.20. The molecule has 2 rings (SSSR count). The van der Waals surface area contributed by atoms with E-state index in [0.29, 0.717) is 54.0 Å². The number of carbonyl (C=O) groups is 1. The number of nitrogens with one attached hydrogen (secondary N) is 1. The van der Waals surface area contributed by atoms with E-state index in [9.17, 15) is 4.79 Å². The van der Waals surface area contributed by atoms with Crippen LogP contribution >= 0.6 is 0 Å². The van der Waals surface area contributed by atoms with E-state index in [1.165, 1.54) is 0 Å². The zero-order valence-corrected chi connectivity index (χ0v) is 16.1. The van der Waals surface area contributed by atoms with E-state index in [2.05, 4.69) is 15.5 Å². The summed E-state index contributed by atoms with van der Waals surface area (Å²) in [7, 11) is 0. The van der Waals surface area contributed by atoms with E-state index < -0.39 is 0 Å². The zero-order chi connectivity index (χ0) is 19.6. The number of nitrogens with zero attached hydrogens (tertiary/aromatic N) is 2. The molecule has 1 N–H and O–H groups in total. The molecule has 0 radical (unpaired) electrons. The third-order valence-electron chi connectivity index (χ3n) is 3.53. The molecule has 1 aromatic heterocycles. The third kappa shape index (κ3) is 5.44. The lowest BCUT2D eigenvalue weighted by atomic mass is 10.1. The Balaban J connectivity index is 2.29. The second-order valence-corrected chi connectivity index (χ2v) is 5.45. The first-order chi connectivity index (χ1) is 13.1. The molecule has 0 aliphatic carbocycles. The molecule has 0 saturated heterocycles. The molecule has 27 heavy (non-hydrogen) atoms. The first-order valence-electron chi connectivity index (χ1n) is 8.93. The second kappa shape index (κ2) is 10.2. The molecule has 0 fully saturated rings. The fourth-order valence-electron chi connectivity index (χ4n) is 2.35. The van der Waals surface area contributed by atoms with Gasteiger partial charge in [0.2, 0.25) is 5.75 Å². The van der Waals surface area contributed by atoms with Crippen molar-refractivity contribution in [3.05, 3.63) is 47.8 Å². The largest absolute Gasteiger partial charge is 0.490 e. The van der Waals surface area contributed by atoms with Gasteiger partial charge in [0.05, 0.1) is 31.2 Å². The third-order valence-corrected chi connectivity index (χ3v) is 3.53. The maximum atomic E-state index is 12.6. The fraction of sp³-hybridized carbons (Fsp3) is 0.350. The van der Waals surface area contributed by atoms with Crippen molar-refractivity contribution in [3.8, 4) is 17.2 Å². The summed E-state index contributed by atoms with van der Waals surface area (Å²) in [5.41, 5.74) is 4.20. The van der Waals surface area contributed by atoms with Gasteiger partial charge in [-0.25, -0.2) is 5.43 Å². The Labute approximate surface area is 159 Å². The van der Waals surface area contributed by atoms with Gasteiger partial charge in [-0.2, -0.15) is 5.10 Å². The first kappa shape index (κ1) is 20.2. The molecule has 0 atom stereocenters. The monoisotopic (exact) mass is 371 g/mol. The van der Waals surface area contributed by atoms with Crippen LogP contribution in [0.25, 0.3) is 0 Å². The van der Waals surface area contributed by atoms with E-state index in [1.807, 2.05) is 39.0 Å². The number of hydrogen-bond acceptors (Lipinski definition) is 6. The van der Waals surface area contributed by atoms with Crippen LogP contribution in [0.5, 0.6) is 17.2 Å². The van der Waals surface area contributed by atoms with E-state index in [-0.39, 0.29) is 5.91 Å². The SMILES string of the molecule is CCOc1cc(C(=O)N/N=C(/C)c2ccccn2)cc(OCC)c1OCC. The Morgan fingerprint density at radius 1 is 1.04 bits per heavy atom. The lowest BCUT2D eigenvalue weighted by molar-refractivity contribution is 0.0953. The van der Waals surface area contributed by atoms with Crippen LogP contribution in [0.2, 0.25) is 0 Å². The summed E-state index contributed by atoms with van der Waals surface area (Å²) in [5, 5.41) is 4.12. The van der Waals surface area contributed by atoms with Crippen LogP contribution in [0.4, 0.5) is 0 Å². The van der Waals surface area contributed by atoms with Crippen LogP contribution in [0.1, 0.15) is 43.7 Å². The van der Waals surface area contributed by atoms with Gasteiger partial charge in [-0.3, -0.25) is 9.78 Å². The molecular weight excluding hydrogens is 346 g/mol. The molecule has 0 aliphatic rings. The normalized spacial score (nSPS) is 11.0. The summed E-state index contributed by atoms with van der Waals surface area (Å²) in [6.07, 6.45) is 1.67. The number of rotatable bonds is 9. The highest BCUT2D eigenvalue weighted by Gasteiger charge is 2.18. The highest BCUT2D eigenvalue weighted by Crippen LogP contribution is 2.39. The molecule has 0 unspecified atom stereocenters. The average molecular weight is 371 g/mol. The minimum absolute atomic E-state index is 0.364. The van der Waals surface area contributed by atoms with Gasteiger partial charge in [-0.15, -0.1) is 0 Å². The van der Waals surface area contributed by atoms with Gasteiger partial charge in [-0.05, 0) is 52.0 Å². The van der Waals surface area contributed by atoms with Gasteiger partial charge >= 0.3 is 0 Å². The number of hydrazone groups is 1. The Morgan fingerprint density at radius 2 is 1.67 bits per heavy atom. The highest BCUT2D eigenvalue weighted by atomic mass is 16.5. The van der Waals surface area contributed by atoms with Crippen molar-refractivity contribution in [2.75, 3.05) is 19.8 Å². The molecule has 1 heterocycles. The van der Waals surface area contributed by atoms with Crippen LogP contribution in [-0.2, 0) is 0 Å². The predicted molar refractivity (Wildman–Crippen MR) is 104 cm³/mol. The lowest BCUT2D eigenvalue weighted by Gasteiger charge is -2.16. The van der Waals surface area contributed by atoms with Crippen molar-refractivity contribution >= 4 is 11.6 Å². The summed E-state index contributed by atoms with van der Waals surface area (Å²) in [6, 6.07) is 8.75. The molecule has 144 valence electrons. The van der Waals surface area contributed by atoms with E-state index in [4.69, 9.17) is 14.2 Å². The van der Waals surface area contributed by atoms with Crippen LogP contribution < -0.4 is 19.6 Å². The summed E-state index contributed by atoms with van der Waals surface area (Å²) >= 11 is 0. The van der Waals surface area contributed by atoms with Crippen molar-refractivity contribution in [1.82, 2.24) is 10.4 Å². The number of carbonyl (C=O) groups excluding carboxylic acids is 1. The second-order valence-electron chi connectivity index (χ2n) is 5.45. The summed E-state index contributed by atoms with van der Waals surface area (Å²) in [4.78, 5) is 16.8. The number of pyridine rings is 1. The highest BCUT2D eigenvalue weighted by molar-refractivity contribution is 6.00. The fourth-order valence-corrected chi connectivity index (χ4v) is 2.35. The molecular formula is C20H25N3O4. The Kier molecular flexibility index (Phi) is 7.61. The van der Waals surface area contributed by atoms with Crippen molar-refractivity contribution in [3.63, 3.8) is 0 Å². The van der Waals surface area contributed by atoms with Gasteiger partial charge in [0, 0.05) is 11.8 Å². The van der Waals surface area contributed by atoms with Crippen LogP contribution in [-0.4, -0.2) is 36.4 Å². The minimum Gasteiger partial charge on any atom is -0.490 e. The molecule has 0 saturated carbocycles. The maximum Gasteiger partial charge on any atom is 0.271 e. The molecule has 7 heteroatoms. The number of benzene rings is 1. The Bertz CT molecular complexity index is 764. The molecule has 0 spiro atoms. The summed E-state index contributed by atoms with van der Waals surface area (Å²) < 4.78 is 16.9. The topological polar surface area (TPSA) is 82.0 Å². The van der Waals surface area contributed by atoms with E-state index in [0.717, 1.165) is 0 Å². The number of ether oxygens (including phenoxy) is 3. The van der Waals surface area contributed by atoms with Gasteiger partial charge in [0.15, 0.2) is 11.5 Å². The molecule has 1 aromatic carbocycles. The number of hydrogen-bond donors (Lipinski definition) is 1. The number of amides is 1. The minimum atomic E-state index is -0.379. The standard InChI is InChI=1S/C20H25N3O4/c1-5-25-17-12-15(13-18(26-6-2)19(17)27-7-3)20(24)23-22-14(4)16-10-8-9-11-21-16/h8-13H,5-7H2,1-4H3,(H,23,24)/b22-14-. The molecule has 0 aliphatic heterocycles. The van der Waals surface area contributed by atoms with Crippen molar-refractivity contribution in [2.24, 2.45) is 5.10 Å². The van der Waals surface area contributed by atoms with Crippen molar-refractivity contribution in [1.29, 1.82) is 0 Å². The maximum absolute atomic E-state index is 12.6. The van der Waals surface area contributed by atoms with Crippen LogP contribution in [0.3, 0.4) is 0 Å². The predicted octanol–water partition coefficient (Wildman–Crippen LogP) is 3.43. The Hall–Kier alpha value is -3.09. The van der Waals surface area contributed by atoms with Crippen LogP contribution in [0, 0.1) is 0 Å². The van der Waals surface area contributed by atoms with Crippen molar-refractivity contribution in [2.45, 2.75) is 27.7 Å². The quantitative estimate of drug-likeness (QED) is 0.539. The number of aromatic nitrogens is 1. The van der Waals surface area contributed by atoms with Crippen LogP contribution in [0.15, 0.2) is 41.6 Å². The Morgan fingerprint density at radius 3 is 2.19 bits per heavy atom. The molecule has 2 aromatic rings. The first-order valence-corrected chi connectivity index (χ1v) is 8.93. The van der Waals surface area contributed by atoms with Crippen molar-refractivity contribution < 1.29 is 19.0 Å². The smallest absolute Gasteiger partial charge is 0.271 e. The summed E-state index contributed by atoms with van der Waals surface area (Å²) in [5.74, 6) is 1.03. The van der Waals surface area contributed by atoms with E-state index in [1.54, 1.807) is 25.3 Å². The van der Waals surface area contributed by atoms with Gasteiger partial charge < -0.3 is 14.2 Å². The van der Waals surface area contributed by atoms with Gasteiger partial charge in [0.1, 0.15) is 0 Å².